The van der Waals surface area contributed by atoms with E-state index in [1.807, 2.05) is 0 Å². The third-order valence-corrected chi connectivity index (χ3v) is 6.08. The average molecular weight is 450 g/mol. The second kappa shape index (κ2) is 8.86. The smallest absolute Gasteiger partial charge is 0.326 e. The molecule has 31 heavy (non-hydrogen) atoms. The van der Waals surface area contributed by atoms with Gasteiger partial charge in [0.25, 0.3) is 11.8 Å². The van der Waals surface area contributed by atoms with Crippen LogP contribution in [0.3, 0.4) is 0 Å². The van der Waals surface area contributed by atoms with Gasteiger partial charge in [-0.1, -0.05) is 50.6 Å². The molecule has 2 N–H and O–H groups in total. The van der Waals surface area contributed by atoms with Gasteiger partial charge < -0.3 is 15.4 Å². The molecule has 3 rings (SSSR count). The van der Waals surface area contributed by atoms with E-state index in [0.29, 0.717) is 17.9 Å². The fourth-order valence-electron chi connectivity index (χ4n) is 4.86. The monoisotopic (exact) mass is 449 g/mol. The predicted molar refractivity (Wildman–Crippen MR) is 114 cm³/mol. The lowest BCUT2D eigenvalue weighted by molar-refractivity contribution is -0.151. The van der Waals surface area contributed by atoms with E-state index in [2.05, 4.69) is 31.4 Å². The molecule has 2 fully saturated rings. The van der Waals surface area contributed by atoms with Gasteiger partial charge in [-0.05, 0) is 42.2 Å². The van der Waals surface area contributed by atoms with Gasteiger partial charge in [0.2, 0.25) is 0 Å². The summed E-state index contributed by atoms with van der Waals surface area (Å²) in [7, 11) is 0. The summed E-state index contributed by atoms with van der Waals surface area (Å²) in [5, 5.41) is 5.93. The molecular weight excluding hydrogens is 422 g/mol. The lowest BCUT2D eigenvalue weighted by atomic mass is 9.64. The van der Waals surface area contributed by atoms with Crippen molar-refractivity contribution >= 4 is 35.4 Å². The van der Waals surface area contributed by atoms with Crippen molar-refractivity contribution < 1.29 is 23.9 Å². The standard InChI is InChI=1S/C22H28ClN3O5/c1-14-8-21(2,3)13-22(9-14)19(29)26(20(30)25-22)11-18(28)31-12-17(27)24-10-15-6-4-5-7-16(15)23/h4-7,14H,8-13H2,1-3H3,(H,24,27)(H,25,30). The molecule has 1 saturated carbocycles. The van der Waals surface area contributed by atoms with E-state index < -0.39 is 42.5 Å². The summed E-state index contributed by atoms with van der Waals surface area (Å²) >= 11 is 6.03. The van der Waals surface area contributed by atoms with E-state index in [9.17, 15) is 19.2 Å². The number of nitrogens with zero attached hydrogens (tertiary/aromatic N) is 1. The number of rotatable bonds is 6. The number of amides is 4. The van der Waals surface area contributed by atoms with Crippen LogP contribution in [0.25, 0.3) is 0 Å². The van der Waals surface area contributed by atoms with Crippen molar-refractivity contribution in [3.63, 3.8) is 0 Å². The minimum atomic E-state index is -0.981. The number of carbonyl (C=O) groups excluding carboxylic acids is 4. The summed E-state index contributed by atoms with van der Waals surface area (Å²) in [4.78, 5) is 50.5. The minimum Gasteiger partial charge on any atom is -0.454 e. The first-order valence-corrected chi connectivity index (χ1v) is 10.7. The van der Waals surface area contributed by atoms with Crippen molar-refractivity contribution in [2.75, 3.05) is 13.2 Å². The normalized spacial score (nSPS) is 24.8. The van der Waals surface area contributed by atoms with E-state index in [-0.39, 0.29) is 17.9 Å². The molecule has 0 aromatic heterocycles. The quantitative estimate of drug-likeness (QED) is 0.513. The van der Waals surface area contributed by atoms with Crippen molar-refractivity contribution in [1.29, 1.82) is 0 Å². The number of esters is 1. The Morgan fingerprint density at radius 1 is 1.26 bits per heavy atom. The molecule has 2 atom stereocenters. The highest BCUT2D eigenvalue weighted by Gasteiger charge is 2.56. The zero-order valence-corrected chi connectivity index (χ0v) is 18.8. The molecule has 8 nitrogen and oxygen atoms in total. The molecule has 1 aromatic carbocycles. The van der Waals surface area contributed by atoms with Crippen LogP contribution in [0, 0.1) is 11.3 Å². The number of urea groups is 1. The van der Waals surface area contributed by atoms with Gasteiger partial charge in [0.1, 0.15) is 12.1 Å². The summed E-state index contributed by atoms with van der Waals surface area (Å²) in [5.41, 5.74) is -0.347. The van der Waals surface area contributed by atoms with Gasteiger partial charge in [-0.3, -0.25) is 19.3 Å². The largest absolute Gasteiger partial charge is 0.454 e. The maximum Gasteiger partial charge on any atom is 0.326 e. The SMILES string of the molecule is CC1CC(C)(C)CC2(C1)NC(=O)N(CC(=O)OCC(=O)NCc1ccccc1Cl)C2=O. The second-order valence-electron chi connectivity index (χ2n) is 9.29. The van der Waals surface area contributed by atoms with Crippen LogP contribution in [-0.4, -0.2) is 47.4 Å². The predicted octanol–water partition coefficient (Wildman–Crippen LogP) is 2.64. The molecule has 1 aliphatic heterocycles. The molecule has 1 saturated heterocycles. The van der Waals surface area contributed by atoms with Gasteiger partial charge >= 0.3 is 12.0 Å². The van der Waals surface area contributed by atoms with Crippen LogP contribution < -0.4 is 10.6 Å². The Labute approximate surface area is 186 Å². The first-order valence-electron chi connectivity index (χ1n) is 10.3. The molecule has 1 aromatic rings. The fraction of sp³-hybridized carbons (Fsp3) is 0.545. The zero-order chi connectivity index (χ0) is 22.8. The number of nitrogens with one attached hydrogen (secondary N) is 2. The Bertz CT molecular complexity index is 903. The molecular formula is C22H28ClN3O5. The van der Waals surface area contributed by atoms with E-state index in [1.165, 1.54) is 0 Å². The van der Waals surface area contributed by atoms with Crippen molar-refractivity contribution in [1.82, 2.24) is 15.5 Å². The lowest BCUT2D eigenvalue weighted by Gasteiger charge is -2.43. The highest BCUT2D eigenvalue weighted by atomic mass is 35.5. The number of carbonyl (C=O) groups is 4. The number of halogens is 1. The second-order valence-corrected chi connectivity index (χ2v) is 9.69. The highest BCUT2D eigenvalue weighted by molar-refractivity contribution is 6.31. The summed E-state index contributed by atoms with van der Waals surface area (Å²) in [6.45, 7) is 5.35. The van der Waals surface area contributed by atoms with Crippen molar-refractivity contribution in [3.05, 3.63) is 34.9 Å². The molecule has 9 heteroatoms. The maximum atomic E-state index is 13.0. The van der Waals surface area contributed by atoms with Crippen molar-refractivity contribution in [2.24, 2.45) is 11.3 Å². The number of benzene rings is 1. The minimum absolute atomic E-state index is 0.100. The molecule has 1 spiro atoms. The van der Waals surface area contributed by atoms with E-state index in [1.54, 1.807) is 24.3 Å². The van der Waals surface area contributed by atoms with E-state index >= 15 is 0 Å². The van der Waals surface area contributed by atoms with Gasteiger partial charge in [-0.25, -0.2) is 4.79 Å². The Morgan fingerprint density at radius 3 is 2.65 bits per heavy atom. The number of hydrogen-bond acceptors (Lipinski definition) is 5. The Balaban J connectivity index is 1.51. The van der Waals surface area contributed by atoms with E-state index in [0.717, 1.165) is 16.9 Å². The van der Waals surface area contributed by atoms with Gasteiger partial charge in [0.15, 0.2) is 6.61 Å². The zero-order valence-electron chi connectivity index (χ0n) is 18.0. The molecule has 4 amide bonds. The third-order valence-electron chi connectivity index (χ3n) is 5.71. The molecule has 2 aliphatic rings. The van der Waals surface area contributed by atoms with Gasteiger partial charge in [-0.15, -0.1) is 0 Å². The van der Waals surface area contributed by atoms with Crippen LogP contribution in [0.5, 0.6) is 0 Å². The Hall–Kier alpha value is -2.61. The van der Waals surface area contributed by atoms with Gasteiger partial charge in [0, 0.05) is 11.6 Å². The Morgan fingerprint density at radius 2 is 1.97 bits per heavy atom. The number of imide groups is 1. The van der Waals surface area contributed by atoms with Crippen LogP contribution in [0.4, 0.5) is 4.79 Å². The fourth-order valence-corrected chi connectivity index (χ4v) is 5.06. The van der Waals surface area contributed by atoms with Gasteiger partial charge in [0.05, 0.1) is 0 Å². The van der Waals surface area contributed by atoms with Gasteiger partial charge in [-0.2, -0.15) is 0 Å². The third kappa shape index (κ3) is 5.36. The molecule has 2 unspecified atom stereocenters. The molecule has 1 aliphatic carbocycles. The number of ether oxygens (including phenoxy) is 1. The van der Waals surface area contributed by atoms with Crippen molar-refractivity contribution in [3.8, 4) is 0 Å². The highest BCUT2D eigenvalue weighted by Crippen LogP contribution is 2.46. The molecule has 0 bridgehead atoms. The van der Waals surface area contributed by atoms with Crippen molar-refractivity contribution in [2.45, 2.75) is 52.1 Å². The van der Waals surface area contributed by atoms with E-state index in [4.69, 9.17) is 16.3 Å². The summed E-state index contributed by atoms with van der Waals surface area (Å²) < 4.78 is 4.96. The van der Waals surface area contributed by atoms with Crippen LogP contribution in [0.2, 0.25) is 5.02 Å². The first kappa shape index (κ1) is 23.1. The topological polar surface area (TPSA) is 105 Å². The van der Waals surface area contributed by atoms with Crippen LogP contribution in [0.15, 0.2) is 24.3 Å². The summed E-state index contributed by atoms with van der Waals surface area (Å²) in [6, 6.07) is 6.46. The summed E-state index contributed by atoms with van der Waals surface area (Å²) in [6.07, 6.45) is 2.02. The molecule has 1 heterocycles. The maximum absolute atomic E-state index is 13.0. The van der Waals surface area contributed by atoms with Crippen LogP contribution in [-0.2, 0) is 25.7 Å². The molecule has 0 radical (unpaired) electrons. The van der Waals surface area contributed by atoms with Crippen LogP contribution in [0.1, 0.15) is 45.6 Å². The average Bonchev–Trinajstić information content (AvgIpc) is 2.87. The first-order chi connectivity index (χ1) is 14.5. The van der Waals surface area contributed by atoms with Crippen LogP contribution >= 0.6 is 11.6 Å². The number of hydrogen-bond donors (Lipinski definition) is 2. The molecule has 168 valence electrons. The summed E-state index contributed by atoms with van der Waals surface area (Å²) in [5.74, 6) is -1.47. The Kier molecular flexibility index (Phi) is 6.59. The lowest BCUT2D eigenvalue weighted by Crippen LogP contribution is -2.54.